The second-order valence-corrected chi connectivity index (χ2v) is 3.55. The molecular weight excluding hydrogens is 181 g/mol. The van der Waals surface area contributed by atoms with Gasteiger partial charge in [-0.05, 0) is 31.0 Å². The summed E-state index contributed by atoms with van der Waals surface area (Å²) in [6.45, 7) is 4.41. The molecule has 1 aromatic rings. The molecule has 2 nitrogen and oxygen atoms in total. The monoisotopic (exact) mass is 197 g/mol. The first-order valence-corrected chi connectivity index (χ1v) is 4.72. The van der Waals surface area contributed by atoms with Gasteiger partial charge in [0.2, 0.25) is 0 Å². The van der Waals surface area contributed by atoms with Crippen LogP contribution in [-0.2, 0) is 6.54 Å². The van der Waals surface area contributed by atoms with Crippen LogP contribution in [0.15, 0.2) is 18.2 Å². The zero-order valence-electron chi connectivity index (χ0n) is 8.55. The van der Waals surface area contributed by atoms with Crippen molar-refractivity contribution in [1.82, 2.24) is 5.32 Å². The van der Waals surface area contributed by atoms with Gasteiger partial charge in [-0.3, -0.25) is 0 Å². The van der Waals surface area contributed by atoms with Crippen LogP contribution in [0, 0.1) is 12.7 Å². The normalized spacial score (nSPS) is 12.9. The van der Waals surface area contributed by atoms with Crippen LogP contribution in [0.4, 0.5) is 4.39 Å². The van der Waals surface area contributed by atoms with Crippen LogP contribution in [0.1, 0.15) is 18.1 Å². The highest BCUT2D eigenvalue weighted by Crippen LogP contribution is 2.08. The number of nitrogens with one attached hydrogen (secondary N) is 1. The Labute approximate surface area is 83.8 Å². The molecule has 3 heteroatoms. The van der Waals surface area contributed by atoms with Crippen molar-refractivity contribution >= 4 is 0 Å². The van der Waals surface area contributed by atoms with E-state index >= 15 is 0 Å². The summed E-state index contributed by atoms with van der Waals surface area (Å²) >= 11 is 0. The average Bonchev–Trinajstić information content (AvgIpc) is 2.19. The average molecular weight is 197 g/mol. The van der Waals surface area contributed by atoms with E-state index in [1.54, 1.807) is 13.0 Å². The number of hydrogen-bond acceptors (Lipinski definition) is 2. The van der Waals surface area contributed by atoms with Crippen molar-refractivity contribution < 1.29 is 9.50 Å². The van der Waals surface area contributed by atoms with Crippen LogP contribution >= 0.6 is 0 Å². The Morgan fingerprint density at radius 2 is 2.21 bits per heavy atom. The van der Waals surface area contributed by atoms with Crippen molar-refractivity contribution in [1.29, 1.82) is 0 Å². The quantitative estimate of drug-likeness (QED) is 0.768. The fourth-order valence-corrected chi connectivity index (χ4v) is 1.17. The van der Waals surface area contributed by atoms with Crippen molar-refractivity contribution in [2.45, 2.75) is 26.4 Å². The van der Waals surface area contributed by atoms with Crippen molar-refractivity contribution in [2.24, 2.45) is 0 Å². The minimum absolute atomic E-state index is 0.0698. The smallest absolute Gasteiger partial charge is 0.126 e. The molecule has 0 aliphatic heterocycles. The highest BCUT2D eigenvalue weighted by Gasteiger charge is 2.01. The largest absolute Gasteiger partial charge is 0.395 e. The van der Waals surface area contributed by atoms with Crippen molar-refractivity contribution in [3.05, 3.63) is 35.1 Å². The molecule has 0 heterocycles. The maximum Gasteiger partial charge on any atom is 0.126 e. The van der Waals surface area contributed by atoms with Gasteiger partial charge >= 0.3 is 0 Å². The molecule has 0 aromatic heterocycles. The Morgan fingerprint density at radius 1 is 1.50 bits per heavy atom. The van der Waals surface area contributed by atoms with Crippen LogP contribution in [0.2, 0.25) is 0 Å². The molecule has 14 heavy (non-hydrogen) atoms. The van der Waals surface area contributed by atoms with E-state index in [4.69, 9.17) is 5.11 Å². The van der Waals surface area contributed by atoms with Crippen LogP contribution in [0.3, 0.4) is 0 Å². The second-order valence-electron chi connectivity index (χ2n) is 3.55. The third kappa shape index (κ3) is 3.09. The Balaban J connectivity index is 2.55. The maximum absolute atomic E-state index is 12.9. The van der Waals surface area contributed by atoms with E-state index in [1.165, 1.54) is 6.07 Å². The van der Waals surface area contributed by atoms with Gasteiger partial charge in [-0.2, -0.15) is 0 Å². The molecule has 2 N–H and O–H groups in total. The Morgan fingerprint density at radius 3 is 2.79 bits per heavy atom. The summed E-state index contributed by atoms with van der Waals surface area (Å²) in [6.07, 6.45) is 0. The Hall–Kier alpha value is -0.930. The summed E-state index contributed by atoms with van der Waals surface area (Å²) in [5.41, 5.74) is 1.69. The third-order valence-electron chi connectivity index (χ3n) is 2.15. The summed E-state index contributed by atoms with van der Waals surface area (Å²) in [5.74, 6) is -0.177. The number of halogens is 1. The summed E-state index contributed by atoms with van der Waals surface area (Å²) < 4.78 is 12.9. The molecule has 0 aliphatic rings. The Kier molecular flexibility index (Phi) is 4.04. The van der Waals surface area contributed by atoms with E-state index < -0.39 is 0 Å². The van der Waals surface area contributed by atoms with Gasteiger partial charge in [0, 0.05) is 12.6 Å². The Bertz CT molecular complexity index is 301. The predicted octanol–water partition coefficient (Wildman–Crippen LogP) is 1.60. The molecule has 0 bridgehead atoms. The molecule has 78 valence electrons. The first kappa shape index (κ1) is 11.1. The fourth-order valence-electron chi connectivity index (χ4n) is 1.17. The van der Waals surface area contributed by atoms with Gasteiger partial charge in [-0.25, -0.2) is 4.39 Å². The van der Waals surface area contributed by atoms with Crippen molar-refractivity contribution in [3.8, 4) is 0 Å². The van der Waals surface area contributed by atoms with Gasteiger partial charge in [0.15, 0.2) is 0 Å². The molecule has 1 atom stereocenters. The van der Waals surface area contributed by atoms with Gasteiger partial charge in [-0.15, -0.1) is 0 Å². The zero-order chi connectivity index (χ0) is 10.6. The van der Waals surface area contributed by atoms with E-state index in [0.29, 0.717) is 12.1 Å². The van der Waals surface area contributed by atoms with E-state index in [9.17, 15) is 4.39 Å². The van der Waals surface area contributed by atoms with Crippen LogP contribution in [0.25, 0.3) is 0 Å². The molecule has 0 saturated carbocycles. The lowest BCUT2D eigenvalue weighted by Gasteiger charge is -2.10. The summed E-state index contributed by atoms with van der Waals surface area (Å²) in [4.78, 5) is 0. The highest BCUT2D eigenvalue weighted by molar-refractivity contribution is 5.23. The highest BCUT2D eigenvalue weighted by atomic mass is 19.1. The van der Waals surface area contributed by atoms with Gasteiger partial charge in [-0.1, -0.05) is 12.1 Å². The predicted molar refractivity (Wildman–Crippen MR) is 54.5 cm³/mol. The topological polar surface area (TPSA) is 32.3 Å². The van der Waals surface area contributed by atoms with Gasteiger partial charge in [0.25, 0.3) is 0 Å². The van der Waals surface area contributed by atoms with E-state index in [1.807, 2.05) is 13.0 Å². The lowest BCUT2D eigenvalue weighted by molar-refractivity contribution is 0.251. The fraction of sp³-hybridized carbons (Fsp3) is 0.455. The third-order valence-corrected chi connectivity index (χ3v) is 2.15. The standard InChI is InChI=1S/C11H16FNO/c1-8-5-10(3-4-11(8)12)6-13-9(2)7-14/h3-5,9,13-14H,6-7H2,1-2H3/t9-/m0/s1. The molecule has 0 radical (unpaired) electrons. The van der Waals surface area contributed by atoms with Crippen LogP contribution < -0.4 is 5.32 Å². The van der Waals surface area contributed by atoms with Crippen molar-refractivity contribution in [2.75, 3.05) is 6.61 Å². The number of benzene rings is 1. The lowest BCUT2D eigenvalue weighted by Crippen LogP contribution is -2.28. The molecule has 0 fully saturated rings. The SMILES string of the molecule is Cc1cc(CN[C@@H](C)CO)ccc1F. The van der Waals surface area contributed by atoms with Crippen LogP contribution in [-0.4, -0.2) is 17.8 Å². The minimum atomic E-state index is -0.177. The number of aliphatic hydroxyl groups is 1. The van der Waals surface area contributed by atoms with E-state index in [0.717, 1.165) is 5.56 Å². The number of rotatable bonds is 4. The molecule has 1 aromatic carbocycles. The van der Waals surface area contributed by atoms with Gasteiger partial charge in [0.05, 0.1) is 6.61 Å². The van der Waals surface area contributed by atoms with E-state index in [-0.39, 0.29) is 18.5 Å². The molecule has 1 rings (SSSR count). The van der Waals surface area contributed by atoms with Crippen LogP contribution in [0.5, 0.6) is 0 Å². The molecule has 0 saturated heterocycles. The first-order valence-electron chi connectivity index (χ1n) is 4.72. The second kappa shape index (κ2) is 5.08. The number of aliphatic hydroxyl groups excluding tert-OH is 1. The van der Waals surface area contributed by atoms with Gasteiger partial charge in [0.1, 0.15) is 5.82 Å². The zero-order valence-corrected chi connectivity index (χ0v) is 8.55. The number of hydrogen-bond donors (Lipinski definition) is 2. The minimum Gasteiger partial charge on any atom is -0.395 e. The van der Waals surface area contributed by atoms with E-state index in [2.05, 4.69) is 5.32 Å². The van der Waals surface area contributed by atoms with Gasteiger partial charge < -0.3 is 10.4 Å². The lowest BCUT2D eigenvalue weighted by atomic mass is 10.1. The first-order chi connectivity index (χ1) is 6.63. The van der Waals surface area contributed by atoms with Crippen molar-refractivity contribution in [3.63, 3.8) is 0 Å². The molecule has 0 amide bonds. The molecular formula is C11H16FNO. The molecule has 0 unspecified atom stereocenters. The molecule has 0 aliphatic carbocycles. The summed E-state index contributed by atoms with van der Waals surface area (Å²) in [7, 11) is 0. The number of aryl methyl sites for hydroxylation is 1. The summed E-state index contributed by atoms with van der Waals surface area (Å²) in [5, 5.41) is 11.9. The summed E-state index contributed by atoms with van der Waals surface area (Å²) in [6, 6.07) is 5.10. The maximum atomic E-state index is 12.9. The molecule has 0 spiro atoms.